The molecule has 0 fully saturated rings. The molecular formula is C81H87N3. The number of rotatable bonds is 6. The van der Waals surface area contributed by atoms with E-state index in [9.17, 15) is 0 Å². The Labute approximate surface area is 501 Å². The Morgan fingerprint density at radius 2 is 0.536 bits per heavy atom. The molecule has 0 radical (unpaired) electrons. The molecule has 0 bridgehead atoms. The van der Waals surface area contributed by atoms with Gasteiger partial charge in [-0.2, -0.15) is 0 Å². The van der Waals surface area contributed by atoms with Crippen molar-refractivity contribution in [3.8, 4) is 0 Å². The lowest BCUT2D eigenvalue weighted by molar-refractivity contribution is 0.869. The molecule has 0 unspecified atom stereocenters. The van der Waals surface area contributed by atoms with E-state index in [0.717, 1.165) is 19.6 Å². The zero-order valence-electron chi connectivity index (χ0n) is 51.9. The fourth-order valence-electron chi connectivity index (χ4n) is 11.2. The molecule has 3 heterocycles. The first-order valence-corrected chi connectivity index (χ1v) is 31.0. The third kappa shape index (κ3) is 13.5. The smallest absolute Gasteiger partial charge is 0.0574 e. The van der Waals surface area contributed by atoms with Gasteiger partial charge in [-0.05, 0) is 80.0 Å². The Bertz CT molecular complexity index is 4330. The lowest BCUT2D eigenvalue weighted by atomic mass is 10.0. The summed E-state index contributed by atoms with van der Waals surface area (Å²) in [6.45, 7) is 26.7. The van der Waals surface area contributed by atoms with Crippen LogP contribution < -0.4 is 0 Å². The highest BCUT2D eigenvalue weighted by Crippen LogP contribution is 2.37. The Morgan fingerprint density at radius 1 is 0.202 bits per heavy atom. The molecule has 0 saturated carbocycles. The Morgan fingerprint density at radius 3 is 1.05 bits per heavy atom. The average molecular weight is 1100 g/mol. The molecular weight excluding hydrogens is 1010 g/mol. The third-order valence-corrected chi connectivity index (χ3v) is 14.5. The monoisotopic (exact) mass is 1100 g/mol. The van der Waals surface area contributed by atoms with Crippen LogP contribution in [0, 0.1) is 0 Å². The number of fused-ring (bicyclic) bond motifs is 14. The minimum atomic E-state index is 0.888. The van der Waals surface area contributed by atoms with Gasteiger partial charge in [0.15, 0.2) is 0 Å². The zero-order valence-corrected chi connectivity index (χ0v) is 51.9. The van der Waals surface area contributed by atoms with Crippen molar-refractivity contribution in [3.05, 3.63) is 290 Å². The van der Waals surface area contributed by atoms with Crippen molar-refractivity contribution in [3.63, 3.8) is 0 Å². The molecule has 0 saturated heterocycles. The van der Waals surface area contributed by atoms with E-state index < -0.39 is 0 Å². The predicted octanol–water partition coefficient (Wildman–Crippen LogP) is 24.1. The highest BCUT2D eigenvalue weighted by molar-refractivity contribution is 6.21. The van der Waals surface area contributed by atoms with E-state index in [4.69, 9.17) is 0 Å². The topological polar surface area (TPSA) is 14.8 Å². The first-order chi connectivity index (χ1) is 41.7. The molecule has 0 atom stereocenters. The van der Waals surface area contributed by atoms with E-state index in [1.165, 1.54) is 114 Å². The van der Waals surface area contributed by atoms with E-state index in [1.54, 1.807) is 0 Å². The standard InChI is InChI=1S/3C23H17N.6C2H6/c1-2-8-17(9-3-1)16-24-22-13-7-6-12-20(22)21-14-18-10-4-5-11-19(18)15-23(21)24;1-2-8-17(9-3-1)16-24-22-13-7-6-12-20(22)21-15-14-18-10-4-5-11-19(18)23(21)24;1-2-8-17(9-3-1)16-24-21-13-7-6-12-20(21)23-19-11-5-4-10-18(19)14-15-22(23)24;6*1-2/h3*1-15H,16H2;6*1-2H3. The molecule has 3 heteroatoms. The van der Waals surface area contributed by atoms with Crippen LogP contribution in [0.4, 0.5) is 0 Å². The minimum Gasteiger partial charge on any atom is -0.336 e. The molecule has 3 aromatic heterocycles. The molecule has 0 aliphatic carbocycles. The van der Waals surface area contributed by atoms with Gasteiger partial charge in [0, 0.05) is 73.9 Å². The van der Waals surface area contributed by atoms with Gasteiger partial charge < -0.3 is 13.7 Å². The second-order valence-corrected chi connectivity index (χ2v) is 18.8. The maximum atomic E-state index is 2.46. The number of benzene rings is 12. The number of hydrogen-bond acceptors (Lipinski definition) is 0. The summed E-state index contributed by atoms with van der Waals surface area (Å²) in [5.41, 5.74) is 11.8. The average Bonchev–Trinajstić information content (AvgIpc) is 2.49. The van der Waals surface area contributed by atoms with E-state index >= 15 is 0 Å². The Kier molecular flexibility index (Phi) is 23.7. The molecule has 0 amide bonds. The van der Waals surface area contributed by atoms with Crippen LogP contribution in [-0.2, 0) is 19.6 Å². The van der Waals surface area contributed by atoms with Crippen molar-refractivity contribution in [1.82, 2.24) is 13.7 Å². The Hall–Kier alpha value is -9.18. The van der Waals surface area contributed by atoms with E-state index in [0.29, 0.717) is 0 Å². The van der Waals surface area contributed by atoms with Crippen molar-refractivity contribution >= 4 is 97.7 Å². The first-order valence-electron chi connectivity index (χ1n) is 31.0. The molecule has 0 N–H and O–H groups in total. The van der Waals surface area contributed by atoms with E-state index in [2.05, 4.69) is 287 Å². The van der Waals surface area contributed by atoms with Crippen molar-refractivity contribution in [2.45, 2.75) is 103 Å². The third-order valence-electron chi connectivity index (χ3n) is 14.5. The van der Waals surface area contributed by atoms with Crippen LogP contribution in [0.3, 0.4) is 0 Å². The molecule has 426 valence electrons. The molecule has 15 aromatic rings. The number of hydrogen-bond donors (Lipinski definition) is 0. The zero-order chi connectivity index (χ0) is 59.8. The summed E-state index contributed by atoms with van der Waals surface area (Å²) >= 11 is 0. The molecule has 0 aliphatic rings. The van der Waals surface area contributed by atoms with Gasteiger partial charge in [-0.25, -0.2) is 0 Å². The second-order valence-electron chi connectivity index (χ2n) is 18.8. The fourth-order valence-corrected chi connectivity index (χ4v) is 11.2. The van der Waals surface area contributed by atoms with E-state index in [-0.39, 0.29) is 0 Å². The highest BCUT2D eigenvalue weighted by atomic mass is 15.0. The largest absolute Gasteiger partial charge is 0.336 e. The maximum absolute atomic E-state index is 2.46. The summed E-state index contributed by atoms with van der Waals surface area (Å²) in [4.78, 5) is 0. The highest BCUT2D eigenvalue weighted by Gasteiger charge is 2.16. The second kappa shape index (κ2) is 31.9. The fraction of sp³-hybridized carbons (Fsp3) is 0.185. The number of para-hydroxylation sites is 3. The summed E-state index contributed by atoms with van der Waals surface area (Å²) < 4.78 is 7.33. The summed E-state index contributed by atoms with van der Waals surface area (Å²) in [6, 6.07) is 97.8. The molecule has 15 rings (SSSR count). The SMILES string of the molecule is CC.CC.CC.CC.CC.CC.c1ccc(Cn2c3ccccc3c3c4ccccc4ccc32)cc1.c1ccc(Cn2c3ccccc3c3cc4ccccc4cc32)cc1.c1ccc(Cn2c3ccccc3c3ccc4ccccc4c32)cc1. The van der Waals surface area contributed by atoms with Gasteiger partial charge in [-0.15, -0.1) is 0 Å². The van der Waals surface area contributed by atoms with Gasteiger partial charge in [0.25, 0.3) is 0 Å². The summed E-state index contributed by atoms with van der Waals surface area (Å²) in [5, 5.41) is 15.9. The van der Waals surface area contributed by atoms with Crippen LogP contribution in [0.5, 0.6) is 0 Å². The lowest BCUT2D eigenvalue weighted by Crippen LogP contribution is -1.99. The van der Waals surface area contributed by atoms with Gasteiger partial charge in [-0.3, -0.25) is 0 Å². The first kappa shape index (κ1) is 62.4. The molecule has 84 heavy (non-hydrogen) atoms. The maximum Gasteiger partial charge on any atom is 0.0574 e. The molecule has 3 nitrogen and oxygen atoms in total. The molecule has 12 aromatic carbocycles. The van der Waals surface area contributed by atoms with Crippen LogP contribution in [0.25, 0.3) is 97.7 Å². The Balaban J connectivity index is 0.000000166. The minimum absolute atomic E-state index is 0.888. The number of aromatic nitrogens is 3. The van der Waals surface area contributed by atoms with Crippen LogP contribution in [0.15, 0.2) is 273 Å². The van der Waals surface area contributed by atoms with Crippen LogP contribution in [-0.4, -0.2) is 13.7 Å². The van der Waals surface area contributed by atoms with Crippen LogP contribution in [0.1, 0.15) is 99.8 Å². The van der Waals surface area contributed by atoms with Crippen molar-refractivity contribution in [1.29, 1.82) is 0 Å². The van der Waals surface area contributed by atoms with Gasteiger partial charge in [-0.1, -0.05) is 320 Å². The predicted molar refractivity (Wildman–Crippen MR) is 376 cm³/mol. The summed E-state index contributed by atoms with van der Waals surface area (Å²) in [7, 11) is 0. The quantitative estimate of drug-likeness (QED) is 0.158. The van der Waals surface area contributed by atoms with Crippen LogP contribution in [0.2, 0.25) is 0 Å². The van der Waals surface area contributed by atoms with Crippen molar-refractivity contribution in [2.24, 2.45) is 0 Å². The van der Waals surface area contributed by atoms with E-state index in [1.807, 2.05) is 83.1 Å². The van der Waals surface area contributed by atoms with Crippen molar-refractivity contribution < 1.29 is 0 Å². The van der Waals surface area contributed by atoms with Gasteiger partial charge in [0.05, 0.1) is 16.6 Å². The van der Waals surface area contributed by atoms with Crippen LogP contribution >= 0.6 is 0 Å². The molecule has 0 spiro atoms. The lowest BCUT2D eigenvalue weighted by Gasteiger charge is -2.09. The number of nitrogens with zero attached hydrogens (tertiary/aromatic N) is 3. The molecule has 0 aliphatic heterocycles. The van der Waals surface area contributed by atoms with Gasteiger partial charge in [0.2, 0.25) is 0 Å². The summed E-state index contributed by atoms with van der Waals surface area (Å²) in [6.07, 6.45) is 0. The van der Waals surface area contributed by atoms with Gasteiger partial charge in [0.1, 0.15) is 0 Å². The van der Waals surface area contributed by atoms with Crippen molar-refractivity contribution in [2.75, 3.05) is 0 Å². The normalized spacial score (nSPS) is 10.3. The van der Waals surface area contributed by atoms with Gasteiger partial charge >= 0.3 is 0 Å². The summed E-state index contributed by atoms with van der Waals surface area (Å²) in [5.74, 6) is 0.